The second kappa shape index (κ2) is 3.97. The number of hydrogen-bond donors (Lipinski definition) is 0. The summed E-state index contributed by atoms with van der Waals surface area (Å²) in [5.41, 5.74) is 2.00. The monoisotopic (exact) mass is 283 g/mol. The quantitative estimate of drug-likeness (QED) is 0.782. The average Bonchev–Trinajstić information content (AvgIpc) is 2.96. The number of oxime groups is 1. The number of hydrogen-bond acceptors (Lipinski definition) is 4. The molecule has 0 bridgehead atoms. The van der Waals surface area contributed by atoms with Gasteiger partial charge < -0.3 is 14.3 Å². The second-order valence-electron chi connectivity index (χ2n) is 3.69. The second-order valence-corrected chi connectivity index (χ2v) is 4.34. The first-order valence-corrected chi connectivity index (χ1v) is 6.17. The first-order valence-electron chi connectivity index (χ1n) is 5.05. The fourth-order valence-electron chi connectivity index (χ4n) is 1.76. The molecule has 84 valence electrons. The van der Waals surface area contributed by atoms with Crippen LogP contribution in [0, 0.1) is 0 Å². The predicted octanol–water partition coefficient (Wildman–Crippen LogP) is 2.30. The summed E-state index contributed by atoms with van der Waals surface area (Å²) in [4.78, 5) is 5.26. The van der Waals surface area contributed by atoms with Gasteiger partial charge in [-0.2, -0.15) is 0 Å². The van der Waals surface area contributed by atoms with Crippen LogP contribution in [-0.2, 0) is 4.84 Å². The maximum atomic E-state index is 5.32. The van der Waals surface area contributed by atoms with E-state index >= 15 is 0 Å². The van der Waals surface area contributed by atoms with Gasteiger partial charge in [0, 0.05) is 17.3 Å². The zero-order valence-corrected chi connectivity index (χ0v) is 10.1. The van der Waals surface area contributed by atoms with Gasteiger partial charge in [0.25, 0.3) is 0 Å². The first-order chi connectivity index (χ1) is 7.86. The van der Waals surface area contributed by atoms with Gasteiger partial charge in [-0.15, -0.1) is 0 Å². The van der Waals surface area contributed by atoms with E-state index in [1.165, 1.54) is 0 Å². The molecule has 2 aliphatic rings. The lowest BCUT2D eigenvalue weighted by Gasteiger charge is -2.02. The van der Waals surface area contributed by atoms with Gasteiger partial charge in [0.15, 0.2) is 11.5 Å². The molecule has 16 heavy (non-hydrogen) atoms. The largest absolute Gasteiger partial charge is 0.454 e. The van der Waals surface area contributed by atoms with Crippen LogP contribution >= 0.6 is 15.9 Å². The van der Waals surface area contributed by atoms with Crippen LogP contribution in [0.5, 0.6) is 11.5 Å². The summed E-state index contributed by atoms with van der Waals surface area (Å²) >= 11 is 3.38. The molecule has 0 unspecified atom stereocenters. The van der Waals surface area contributed by atoms with Crippen molar-refractivity contribution in [3.05, 3.63) is 23.8 Å². The minimum absolute atomic E-state index is 0.139. The molecule has 5 heteroatoms. The maximum Gasteiger partial charge on any atom is 0.231 e. The highest BCUT2D eigenvalue weighted by molar-refractivity contribution is 9.09. The van der Waals surface area contributed by atoms with Gasteiger partial charge in [-0.05, 0) is 18.2 Å². The standard InChI is InChI=1S/C11H10BrNO3/c12-5-8-4-9(13-16-8)7-1-2-10-11(3-7)15-6-14-10/h1-3,8H,4-6H2/t8-/m1/s1. The summed E-state index contributed by atoms with van der Waals surface area (Å²) < 4.78 is 10.6. The third kappa shape index (κ3) is 1.65. The molecule has 1 aromatic carbocycles. The van der Waals surface area contributed by atoms with Crippen molar-refractivity contribution in [1.29, 1.82) is 0 Å². The molecule has 0 saturated carbocycles. The van der Waals surface area contributed by atoms with Crippen LogP contribution < -0.4 is 9.47 Å². The first kappa shape index (κ1) is 9.96. The lowest BCUT2D eigenvalue weighted by Crippen LogP contribution is -2.09. The zero-order chi connectivity index (χ0) is 11.0. The SMILES string of the molecule is BrC[C@H]1CC(c2ccc3c(c2)OCO3)=NO1. The molecule has 0 aromatic heterocycles. The van der Waals surface area contributed by atoms with Crippen molar-refractivity contribution in [2.24, 2.45) is 5.16 Å². The fourth-order valence-corrected chi connectivity index (χ4v) is 2.10. The third-order valence-corrected chi connectivity index (χ3v) is 3.33. The van der Waals surface area contributed by atoms with E-state index in [1.807, 2.05) is 18.2 Å². The lowest BCUT2D eigenvalue weighted by molar-refractivity contribution is 0.104. The minimum atomic E-state index is 0.139. The normalized spacial score (nSPS) is 21.8. The summed E-state index contributed by atoms with van der Waals surface area (Å²) in [5.74, 6) is 1.57. The Bertz CT molecular complexity index is 447. The van der Waals surface area contributed by atoms with Crippen LogP contribution in [0.25, 0.3) is 0 Å². The van der Waals surface area contributed by atoms with Crippen LogP contribution in [0.4, 0.5) is 0 Å². The Labute approximate surface area is 101 Å². The highest BCUT2D eigenvalue weighted by atomic mass is 79.9. The van der Waals surface area contributed by atoms with Crippen molar-refractivity contribution in [3.63, 3.8) is 0 Å². The molecule has 0 fully saturated rings. The molecule has 0 saturated heterocycles. The van der Waals surface area contributed by atoms with Gasteiger partial charge >= 0.3 is 0 Å². The van der Waals surface area contributed by atoms with Crippen molar-refractivity contribution in [3.8, 4) is 11.5 Å². The Morgan fingerprint density at radius 1 is 1.31 bits per heavy atom. The third-order valence-electron chi connectivity index (χ3n) is 2.61. The van der Waals surface area contributed by atoms with Crippen LogP contribution in [0.2, 0.25) is 0 Å². The van der Waals surface area contributed by atoms with E-state index in [1.54, 1.807) is 0 Å². The van der Waals surface area contributed by atoms with Gasteiger partial charge in [0.05, 0.1) is 5.71 Å². The molecule has 4 nitrogen and oxygen atoms in total. The van der Waals surface area contributed by atoms with E-state index in [0.29, 0.717) is 6.79 Å². The highest BCUT2D eigenvalue weighted by Crippen LogP contribution is 2.33. The van der Waals surface area contributed by atoms with Crippen molar-refractivity contribution in [1.82, 2.24) is 0 Å². The molecular weight excluding hydrogens is 274 g/mol. The summed E-state index contributed by atoms with van der Waals surface area (Å²) in [6.07, 6.45) is 0.964. The zero-order valence-electron chi connectivity index (χ0n) is 8.48. The van der Waals surface area contributed by atoms with Crippen molar-refractivity contribution >= 4 is 21.6 Å². The minimum Gasteiger partial charge on any atom is -0.454 e. The number of nitrogens with zero attached hydrogens (tertiary/aromatic N) is 1. The molecule has 2 aliphatic heterocycles. The molecule has 1 atom stereocenters. The van der Waals surface area contributed by atoms with E-state index in [0.717, 1.165) is 34.5 Å². The fraction of sp³-hybridized carbons (Fsp3) is 0.364. The Morgan fingerprint density at radius 2 is 2.19 bits per heavy atom. The van der Waals surface area contributed by atoms with Gasteiger partial charge in [-0.25, -0.2) is 0 Å². The maximum absolute atomic E-state index is 5.32. The molecule has 0 spiro atoms. The van der Waals surface area contributed by atoms with Crippen molar-refractivity contribution in [2.75, 3.05) is 12.1 Å². The highest BCUT2D eigenvalue weighted by Gasteiger charge is 2.23. The van der Waals surface area contributed by atoms with Gasteiger partial charge in [0.1, 0.15) is 6.10 Å². The van der Waals surface area contributed by atoms with E-state index in [9.17, 15) is 0 Å². The van der Waals surface area contributed by atoms with Gasteiger partial charge in [-0.1, -0.05) is 21.1 Å². The summed E-state index contributed by atoms with van der Waals surface area (Å²) in [6, 6.07) is 5.83. The topological polar surface area (TPSA) is 40.0 Å². The molecule has 0 aliphatic carbocycles. The van der Waals surface area contributed by atoms with Gasteiger partial charge in [0.2, 0.25) is 6.79 Å². The van der Waals surface area contributed by atoms with Crippen LogP contribution in [0.15, 0.2) is 23.4 Å². The Balaban J connectivity index is 1.85. The summed E-state index contributed by atoms with van der Waals surface area (Å²) in [6.45, 7) is 0.297. The lowest BCUT2D eigenvalue weighted by atomic mass is 10.1. The molecule has 2 heterocycles. The molecule has 0 amide bonds. The number of rotatable bonds is 2. The van der Waals surface area contributed by atoms with Crippen molar-refractivity contribution < 1.29 is 14.3 Å². The van der Waals surface area contributed by atoms with E-state index in [-0.39, 0.29) is 6.10 Å². The number of ether oxygens (including phenoxy) is 2. The summed E-state index contributed by atoms with van der Waals surface area (Å²) in [7, 11) is 0. The Morgan fingerprint density at radius 3 is 3.00 bits per heavy atom. The summed E-state index contributed by atoms with van der Waals surface area (Å²) in [5, 5.41) is 4.87. The molecular formula is C11H10BrNO3. The Kier molecular flexibility index (Phi) is 2.47. The number of benzene rings is 1. The van der Waals surface area contributed by atoms with Crippen LogP contribution in [-0.4, -0.2) is 23.9 Å². The van der Waals surface area contributed by atoms with E-state index < -0.39 is 0 Å². The van der Waals surface area contributed by atoms with Crippen molar-refractivity contribution in [2.45, 2.75) is 12.5 Å². The molecule has 3 rings (SSSR count). The molecule has 0 N–H and O–H groups in total. The smallest absolute Gasteiger partial charge is 0.231 e. The van der Waals surface area contributed by atoms with E-state index in [2.05, 4.69) is 21.1 Å². The van der Waals surface area contributed by atoms with E-state index in [4.69, 9.17) is 14.3 Å². The number of halogens is 1. The van der Waals surface area contributed by atoms with Crippen LogP contribution in [0.3, 0.4) is 0 Å². The average molecular weight is 284 g/mol. The molecule has 0 radical (unpaired) electrons. The Hall–Kier alpha value is -1.23. The van der Waals surface area contributed by atoms with Crippen LogP contribution in [0.1, 0.15) is 12.0 Å². The number of alkyl halides is 1. The van der Waals surface area contributed by atoms with Gasteiger partial charge in [-0.3, -0.25) is 0 Å². The molecule has 1 aromatic rings. The predicted molar refractivity (Wildman–Crippen MR) is 62.4 cm³/mol. The number of fused-ring (bicyclic) bond motifs is 1.